The molecule has 1 saturated carbocycles. The zero-order valence-electron chi connectivity index (χ0n) is 14.0. The molecule has 0 spiro atoms. The third-order valence-corrected chi connectivity index (χ3v) is 4.39. The summed E-state index contributed by atoms with van der Waals surface area (Å²) in [6, 6.07) is 5.18. The van der Waals surface area contributed by atoms with Gasteiger partial charge in [-0.3, -0.25) is 4.79 Å². The third kappa shape index (κ3) is 4.98. The summed E-state index contributed by atoms with van der Waals surface area (Å²) >= 11 is 0. The lowest BCUT2D eigenvalue weighted by atomic mass is 9.72. The van der Waals surface area contributed by atoms with Crippen molar-refractivity contribution in [1.82, 2.24) is 0 Å². The van der Waals surface area contributed by atoms with Crippen molar-refractivity contribution in [1.29, 1.82) is 0 Å². The van der Waals surface area contributed by atoms with Gasteiger partial charge in [0.25, 0.3) is 0 Å². The molecule has 0 bridgehead atoms. The van der Waals surface area contributed by atoms with Gasteiger partial charge < -0.3 is 15.2 Å². The van der Waals surface area contributed by atoms with Crippen LogP contribution in [0.2, 0.25) is 0 Å². The summed E-state index contributed by atoms with van der Waals surface area (Å²) in [5, 5.41) is 11.6. The van der Waals surface area contributed by atoms with Crippen LogP contribution in [0.5, 0.6) is 5.75 Å². The topological polar surface area (TPSA) is 75.6 Å². The van der Waals surface area contributed by atoms with Gasteiger partial charge >= 0.3 is 5.97 Å². The molecule has 0 aromatic heterocycles. The summed E-state index contributed by atoms with van der Waals surface area (Å²) in [5.41, 5.74) is 1.83. The standard InChI is InChI=1S/C18H25NO4/c1-12-9-14(23-11-16(20)21)6-7-15(12)19-17(22)13-5-4-8-18(2,3)10-13/h6-7,9,13H,4-5,8,10-11H2,1-3H3,(H,19,22)(H,20,21). The molecule has 1 amide bonds. The van der Waals surface area contributed by atoms with Crippen LogP contribution in [0.15, 0.2) is 18.2 Å². The smallest absolute Gasteiger partial charge is 0.341 e. The van der Waals surface area contributed by atoms with Gasteiger partial charge in [0.05, 0.1) is 0 Å². The van der Waals surface area contributed by atoms with Gasteiger partial charge in [-0.05, 0) is 55.4 Å². The van der Waals surface area contributed by atoms with E-state index < -0.39 is 5.97 Å². The van der Waals surface area contributed by atoms with Crippen LogP contribution in [0.4, 0.5) is 5.69 Å². The van der Waals surface area contributed by atoms with E-state index in [-0.39, 0.29) is 23.8 Å². The number of benzene rings is 1. The van der Waals surface area contributed by atoms with Gasteiger partial charge in [-0.2, -0.15) is 0 Å². The van der Waals surface area contributed by atoms with Crippen molar-refractivity contribution >= 4 is 17.6 Å². The number of aliphatic carboxylic acids is 1. The first-order chi connectivity index (χ1) is 10.8. The average Bonchev–Trinajstić information content (AvgIpc) is 2.46. The van der Waals surface area contributed by atoms with Crippen molar-refractivity contribution in [3.05, 3.63) is 23.8 Å². The summed E-state index contributed by atoms with van der Waals surface area (Å²) in [7, 11) is 0. The summed E-state index contributed by atoms with van der Waals surface area (Å²) in [4.78, 5) is 23.0. The Hall–Kier alpha value is -2.04. The molecule has 1 aromatic carbocycles. The van der Waals surface area contributed by atoms with Gasteiger partial charge in [0.2, 0.25) is 5.91 Å². The van der Waals surface area contributed by atoms with Crippen LogP contribution in [-0.2, 0) is 9.59 Å². The minimum absolute atomic E-state index is 0.0566. The van der Waals surface area contributed by atoms with E-state index >= 15 is 0 Å². The maximum atomic E-state index is 12.5. The Morgan fingerprint density at radius 1 is 1.39 bits per heavy atom. The van der Waals surface area contributed by atoms with E-state index in [0.717, 1.165) is 30.5 Å². The van der Waals surface area contributed by atoms with E-state index in [2.05, 4.69) is 19.2 Å². The van der Waals surface area contributed by atoms with E-state index in [4.69, 9.17) is 9.84 Å². The van der Waals surface area contributed by atoms with Crippen LogP contribution in [-0.4, -0.2) is 23.6 Å². The van der Waals surface area contributed by atoms with E-state index in [0.29, 0.717) is 5.75 Å². The Balaban J connectivity index is 1.99. The Morgan fingerprint density at radius 3 is 2.74 bits per heavy atom. The van der Waals surface area contributed by atoms with Gasteiger partial charge in [0.15, 0.2) is 6.61 Å². The van der Waals surface area contributed by atoms with Crippen LogP contribution in [0.1, 0.15) is 45.1 Å². The maximum absolute atomic E-state index is 12.5. The number of hydrogen-bond acceptors (Lipinski definition) is 3. The van der Waals surface area contributed by atoms with Crippen molar-refractivity contribution in [2.45, 2.75) is 46.5 Å². The van der Waals surface area contributed by atoms with Crippen LogP contribution < -0.4 is 10.1 Å². The molecule has 1 aromatic rings. The van der Waals surface area contributed by atoms with Crippen molar-refractivity contribution in [2.24, 2.45) is 11.3 Å². The van der Waals surface area contributed by atoms with Crippen molar-refractivity contribution in [3.8, 4) is 5.75 Å². The normalized spacial score (nSPS) is 19.9. The first kappa shape index (κ1) is 17.3. The number of carboxylic acids is 1. The highest BCUT2D eigenvalue weighted by Gasteiger charge is 2.32. The second kappa shape index (κ2) is 7.02. The number of carbonyl (C=O) groups is 2. The molecular formula is C18H25NO4. The predicted octanol–water partition coefficient (Wildman–Crippen LogP) is 3.61. The Labute approximate surface area is 137 Å². The number of hydrogen-bond donors (Lipinski definition) is 2. The molecule has 0 heterocycles. The lowest BCUT2D eigenvalue weighted by molar-refractivity contribution is -0.139. The van der Waals surface area contributed by atoms with Crippen molar-refractivity contribution < 1.29 is 19.4 Å². The fourth-order valence-electron chi connectivity index (χ4n) is 3.17. The second-order valence-corrected chi connectivity index (χ2v) is 7.11. The molecule has 23 heavy (non-hydrogen) atoms. The highest BCUT2D eigenvalue weighted by atomic mass is 16.5. The minimum Gasteiger partial charge on any atom is -0.482 e. The van der Waals surface area contributed by atoms with Crippen LogP contribution in [0.25, 0.3) is 0 Å². The SMILES string of the molecule is Cc1cc(OCC(=O)O)ccc1NC(=O)C1CCCC(C)(C)C1. The Bertz CT molecular complexity index is 595. The lowest BCUT2D eigenvalue weighted by Crippen LogP contribution is -2.31. The Kier molecular flexibility index (Phi) is 5.29. The summed E-state index contributed by atoms with van der Waals surface area (Å²) < 4.78 is 5.14. The molecule has 0 radical (unpaired) electrons. The molecule has 5 heteroatoms. The molecule has 0 aliphatic heterocycles. The average molecular weight is 319 g/mol. The molecule has 2 rings (SSSR count). The maximum Gasteiger partial charge on any atom is 0.341 e. The predicted molar refractivity (Wildman–Crippen MR) is 88.7 cm³/mol. The fraction of sp³-hybridized carbons (Fsp3) is 0.556. The number of carboxylic acid groups (broad SMARTS) is 1. The van der Waals surface area contributed by atoms with E-state index in [1.54, 1.807) is 18.2 Å². The summed E-state index contributed by atoms with van der Waals surface area (Å²) in [6.45, 7) is 5.93. The fourth-order valence-corrected chi connectivity index (χ4v) is 3.17. The van der Waals surface area contributed by atoms with Crippen LogP contribution in [0, 0.1) is 18.3 Å². The highest BCUT2D eigenvalue weighted by Crippen LogP contribution is 2.39. The second-order valence-electron chi connectivity index (χ2n) is 7.11. The van der Waals surface area contributed by atoms with Crippen molar-refractivity contribution in [3.63, 3.8) is 0 Å². The molecule has 1 aliphatic carbocycles. The Morgan fingerprint density at radius 2 is 2.13 bits per heavy atom. The summed E-state index contributed by atoms with van der Waals surface area (Å²) in [5.74, 6) is -0.400. The minimum atomic E-state index is -1.01. The van der Waals surface area contributed by atoms with Crippen molar-refractivity contribution in [2.75, 3.05) is 11.9 Å². The first-order valence-electron chi connectivity index (χ1n) is 8.03. The molecule has 5 nitrogen and oxygen atoms in total. The van der Waals surface area contributed by atoms with Gasteiger partial charge in [0, 0.05) is 11.6 Å². The van der Waals surface area contributed by atoms with Crippen LogP contribution >= 0.6 is 0 Å². The molecule has 1 fully saturated rings. The number of carbonyl (C=O) groups excluding carboxylic acids is 1. The summed E-state index contributed by atoms with van der Waals surface area (Å²) in [6.07, 6.45) is 4.11. The molecule has 126 valence electrons. The van der Waals surface area contributed by atoms with Crippen LogP contribution in [0.3, 0.4) is 0 Å². The molecule has 1 aliphatic rings. The van der Waals surface area contributed by atoms with Gasteiger partial charge in [-0.15, -0.1) is 0 Å². The van der Waals surface area contributed by atoms with E-state index in [1.165, 1.54) is 6.42 Å². The third-order valence-electron chi connectivity index (χ3n) is 4.39. The quantitative estimate of drug-likeness (QED) is 0.869. The number of anilines is 1. The number of nitrogens with one attached hydrogen (secondary N) is 1. The lowest BCUT2D eigenvalue weighted by Gasteiger charge is -2.34. The largest absolute Gasteiger partial charge is 0.482 e. The van der Waals surface area contributed by atoms with Gasteiger partial charge in [0.1, 0.15) is 5.75 Å². The molecule has 0 saturated heterocycles. The molecule has 2 N–H and O–H groups in total. The number of amides is 1. The number of ether oxygens (including phenoxy) is 1. The molecule has 1 unspecified atom stereocenters. The molecule has 1 atom stereocenters. The number of aryl methyl sites for hydroxylation is 1. The zero-order chi connectivity index (χ0) is 17.0. The van der Waals surface area contributed by atoms with E-state index in [1.807, 2.05) is 6.92 Å². The number of rotatable bonds is 5. The molecular weight excluding hydrogens is 294 g/mol. The first-order valence-corrected chi connectivity index (χ1v) is 8.03. The van der Waals surface area contributed by atoms with Gasteiger partial charge in [-0.25, -0.2) is 4.79 Å². The highest BCUT2D eigenvalue weighted by molar-refractivity contribution is 5.93. The van der Waals surface area contributed by atoms with E-state index in [9.17, 15) is 9.59 Å². The monoisotopic (exact) mass is 319 g/mol. The van der Waals surface area contributed by atoms with Gasteiger partial charge in [-0.1, -0.05) is 20.3 Å². The zero-order valence-corrected chi connectivity index (χ0v) is 14.0.